The summed E-state index contributed by atoms with van der Waals surface area (Å²) in [4.78, 5) is 9.98. The van der Waals surface area contributed by atoms with E-state index in [1.807, 2.05) is 0 Å². The van der Waals surface area contributed by atoms with Gasteiger partial charge in [0.2, 0.25) is 5.75 Å². The van der Waals surface area contributed by atoms with E-state index >= 15 is 0 Å². The Hall–Kier alpha value is -3.03. The Bertz CT molecular complexity index is 735. The van der Waals surface area contributed by atoms with Crippen molar-refractivity contribution in [2.45, 2.75) is 0 Å². The van der Waals surface area contributed by atoms with Crippen molar-refractivity contribution in [2.75, 3.05) is 0 Å². The van der Waals surface area contributed by atoms with Crippen LogP contribution in [-0.4, -0.2) is 10.8 Å². The van der Waals surface area contributed by atoms with Crippen molar-refractivity contribution in [3.63, 3.8) is 0 Å². The monoisotopic (exact) mass is 293 g/mol. The second-order valence-corrected chi connectivity index (χ2v) is 4.03. The Balaban J connectivity index is 2.39. The topological polar surface area (TPSA) is 102 Å². The van der Waals surface area contributed by atoms with E-state index in [9.17, 15) is 18.9 Å². The third-order valence-corrected chi connectivity index (χ3v) is 2.58. The van der Waals surface area contributed by atoms with E-state index in [-0.39, 0.29) is 22.9 Å². The first kappa shape index (κ1) is 14.4. The Morgan fingerprint density at radius 3 is 2.43 bits per heavy atom. The fraction of sp³-hybridized carbons (Fsp3) is 0. The van der Waals surface area contributed by atoms with E-state index in [2.05, 4.69) is 0 Å². The van der Waals surface area contributed by atoms with Gasteiger partial charge in [0, 0.05) is 5.56 Å². The molecule has 0 amide bonds. The molecule has 0 saturated carbocycles. The van der Waals surface area contributed by atoms with Crippen LogP contribution in [0.2, 0.25) is 0 Å². The van der Waals surface area contributed by atoms with Gasteiger partial charge < -0.3 is 10.5 Å². The molecule has 0 fully saturated rings. The molecule has 0 saturated heterocycles. The van der Waals surface area contributed by atoms with Crippen molar-refractivity contribution in [2.24, 2.45) is 5.73 Å². The Morgan fingerprint density at radius 1 is 1.19 bits per heavy atom. The van der Waals surface area contributed by atoms with Crippen LogP contribution in [0.5, 0.6) is 11.5 Å². The maximum absolute atomic E-state index is 13.8. The molecule has 0 heterocycles. The number of amidine groups is 1. The highest BCUT2D eigenvalue weighted by molar-refractivity contribution is 5.95. The van der Waals surface area contributed by atoms with Crippen molar-refractivity contribution < 1.29 is 18.4 Å². The number of ether oxygens (including phenoxy) is 1. The molecule has 0 radical (unpaired) electrons. The van der Waals surface area contributed by atoms with Crippen molar-refractivity contribution in [1.82, 2.24) is 0 Å². The van der Waals surface area contributed by atoms with Gasteiger partial charge in [-0.3, -0.25) is 15.5 Å². The molecule has 2 aromatic carbocycles. The quantitative estimate of drug-likeness (QED) is 0.391. The summed E-state index contributed by atoms with van der Waals surface area (Å²) >= 11 is 0. The summed E-state index contributed by atoms with van der Waals surface area (Å²) in [7, 11) is 0. The summed E-state index contributed by atoms with van der Waals surface area (Å²) in [5.74, 6) is -2.57. The first-order chi connectivity index (χ1) is 9.88. The molecule has 0 bridgehead atoms. The van der Waals surface area contributed by atoms with Gasteiger partial charge in [0.1, 0.15) is 11.7 Å². The summed E-state index contributed by atoms with van der Waals surface area (Å²) in [6.07, 6.45) is 0. The van der Waals surface area contributed by atoms with Gasteiger partial charge >= 0.3 is 5.69 Å². The minimum absolute atomic E-state index is 0.147. The second-order valence-electron chi connectivity index (χ2n) is 4.03. The van der Waals surface area contributed by atoms with Crippen LogP contribution >= 0.6 is 0 Å². The summed E-state index contributed by atoms with van der Waals surface area (Å²) in [5, 5.41) is 18.0. The van der Waals surface area contributed by atoms with Crippen molar-refractivity contribution in [3.05, 3.63) is 63.7 Å². The molecule has 0 spiro atoms. The van der Waals surface area contributed by atoms with E-state index in [4.69, 9.17) is 15.9 Å². The van der Waals surface area contributed by atoms with Crippen LogP contribution in [-0.2, 0) is 0 Å². The van der Waals surface area contributed by atoms with Gasteiger partial charge in [-0.2, -0.15) is 0 Å². The minimum Gasteiger partial charge on any atom is -0.447 e. The highest BCUT2D eigenvalue weighted by Gasteiger charge is 2.18. The molecule has 3 N–H and O–H groups in total. The molecule has 0 atom stereocenters. The third-order valence-electron chi connectivity index (χ3n) is 2.58. The zero-order chi connectivity index (χ0) is 15.6. The van der Waals surface area contributed by atoms with Crippen LogP contribution in [0.4, 0.5) is 14.5 Å². The lowest BCUT2D eigenvalue weighted by molar-refractivity contribution is -0.385. The number of halogens is 2. The van der Waals surface area contributed by atoms with E-state index in [1.54, 1.807) is 0 Å². The number of nitrogen functional groups attached to an aromatic ring is 1. The molecule has 0 aliphatic carbocycles. The molecule has 8 heteroatoms. The van der Waals surface area contributed by atoms with Crippen LogP contribution in [0.25, 0.3) is 0 Å². The average Bonchev–Trinajstić information content (AvgIpc) is 2.42. The normalized spacial score (nSPS) is 10.2. The number of benzene rings is 2. The highest BCUT2D eigenvalue weighted by Crippen LogP contribution is 2.33. The Morgan fingerprint density at radius 2 is 1.86 bits per heavy atom. The fourth-order valence-corrected chi connectivity index (χ4v) is 1.59. The molecule has 21 heavy (non-hydrogen) atoms. The van der Waals surface area contributed by atoms with Gasteiger partial charge in [-0.15, -0.1) is 0 Å². The first-order valence-corrected chi connectivity index (χ1v) is 5.64. The van der Waals surface area contributed by atoms with Gasteiger partial charge in [0.05, 0.1) is 11.0 Å². The second kappa shape index (κ2) is 5.53. The van der Waals surface area contributed by atoms with E-state index in [0.717, 1.165) is 18.2 Å². The lowest BCUT2D eigenvalue weighted by Crippen LogP contribution is -2.11. The number of hydrogen-bond acceptors (Lipinski definition) is 4. The summed E-state index contributed by atoms with van der Waals surface area (Å²) in [6.45, 7) is 0. The van der Waals surface area contributed by atoms with Gasteiger partial charge in [0.15, 0.2) is 11.6 Å². The minimum atomic E-state index is -0.846. The number of nitrogens with two attached hydrogens (primary N) is 1. The zero-order valence-electron chi connectivity index (χ0n) is 10.5. The number of nitro benzene ring substituents is 1. The molecular weight excluding hydrogens is 284 g/mol. The molecule has 108 valence electrons. The van der Waals surface area contributed by atoms with Gasteiger partial charge in [-0.25, -0.2) is 8.78 Å². The number of hydrogen-bond donors (Lipinski definition) is 2. The molecule has 0 unspecified atom stereocenters. The maximum Gasteiger partial charge on any atom is 0.314 e. The van der Waals surface area contributed by atoms with Crippen LogP contribution in [0.3, 0.4) is 0 Å². The van der Waals surface area contributed by atoms with Crippen LogP contribution < -0.4 is 10.5 Å². The highest BCUT2D eigenvalue weighted by atomic mass is 19.1. The number of nitrogens with zero attached hydrogens (tertiary/aromatic N) is 1. The van der Waals surface area contributed by atoms with Crippen LogP contribution in [0, 0.1) is 27.2 Å². The lowest BCUT2D eigenvalue weighted by Gasteiger charge is -2.08. The fourth-order valence-electron chi connectivity index (χ4n) is 1.59. The van der Waals surface area contributed by atoms with Crippen molar-refractivity contribution >= 4 is 11.5 Å². The van der Waals surface area contributed by atoms with Crippen molar-refractivity contribution in [1.29, 1.82) is 5.41 Å². The molecule has 6 nitrogen and oxygen atoms in total. The predicted octanol–water partition coefficient (Wildman–Crippen LogP) is 2.95. The SMILES string of the molecule is N=C(N)c1ccc(Oc2ccc(F)cc2[N+](=O)[O-])c(F)c1. The molecule has 0 aromatic heterocycles. The van der Waals surface area contributed by atoms with Gasteiger partial charge in [-0.05, 0) is 30.3 Å². The van der Waals surface area contributed by atoms with Gasteiger partial charge in [0.25, 0.3) is 0 Å². The lowest BCUT2D eigenvalue weighted by atomic mass is 10.2. The molecule has 0 aliphatic heterocycles. The molecule has 2 rings (SSSR count). The average molecular weight is 293 g/mol. The Kier molecular flexibility index (Phi) is 3.79. The zero-order valence-corrected chi connectivity index (χ0v) is 10.5. The first-order valence-electron chi connectivity index (χ1n) is 5.64. The summed E-state index contributed by atoms with van der Waals surface area (Å²) in [5.41, 5.74) is 4.74. The van der Waals surface area contributed by atoms with Gasteiger partial charge in [-0.1, -0.05) is 0 Å². The van der Waals surface area contributed by atoms with Crippen LogP contribution in [0.1, 0.15) is 5.56 Å². The van der Waals surface area contributed by atoms with E-state index in [0.29, 0.717) is 6.07 Å². The number of nitro groups is 1. The van der Waals surface area contributed by atoms with E-state index < -0.39 is 22.2 Å². The molecular formula is C13H9F2N3O3. The largest absolute Gasteiger partial charge is 0.447 e. The standard InChI is InChI=1S/C13H9F2N3O3/c14-8-2-4-12(10(6-8)18(19)20)21-11-3-1-7(13(16)17)5-9(11)15/h1-6H,(H3,16,17). The predicted molar refractivity (Wildman–Crippen MR) is 70.5 cm³/mol. The number of rotatable bonds is 4. The molecule has 0 aliphatic rings. The van der Waals surface area contributed by atoms with E-state index in [1.165, 1.54) is 12.1 Å². The Labute approximate surface area is 117 Å². The third kappa shape index (κ3) is 3.11. The number of nitrogens with one attached hydrogen (secondary N) is 1. The smallest absolute Gasteiger partial charge is 0.314 e. The molecule has 2 aromatic rings. The van der Waals surface area contributed by atoms with Crippen molar-refractivity contribution in [3.8, 4) is 11.5 Å². The summed E-state index contributed by atoms with van der Waals surface area (Å²) in [6, 6.07) is 6.15. The summed E-state index contributed by atoms with van der Waals surface area (Å²) < 4.78 is 31.9. The maximum atomic E-state index is 13.8. The van der Waals surface area contributed by atoms with Crippen LogP contribution in [0.15, 0.2) is 36.4 Å².